The second kappa shape index (κ2) is 6.88. The third-order valence-corrected chi connectivity index (χ3v) is 8.71. The number of sulfonamides is 1. The zero-order valence-electron chi connectivity index (χ0n) is 15.0. The summed E-state index contributed by atoms with van der Waals surface area (Å²) in [6.45, 7) is 2.72. The minimum atomic E-state index is -3.71. The van der Waals surface area contributed by atoms with Gasteiger partial charge in [0.15, 0.2) is 4.21 Å². The van der Waals surface area contributed by atoms with E-state index in [4.69, 9.17) is 0 Å². The Labute approximate surface area is 161 Å². The first-order valence-electron chi connectivity index (χ1n) is 8.97. The van der Waals surface area contributed by atoms with Crippen molar-refractivity contribution in [2.45, 2.75) is 30.4 Å². The van der Waals surface area contributed by atoms with Crippen LogP contribution in [-0.2, 0) is 22.9 Å². The van der Waals surface area contributed by atoms with E-state index < -0.39 is 10.0 Å². The number of thiazole rings is 1. The lowest BCUT2D eigenvalue weighted by molar-refractivity contribution is 0.0698. The summed E-state index contributed by atoms with van der Waals surface area (Å²) < 4.78 is 27.0. The lowest BCUT2D eigenvalue weighted by atomic mass is 10.1. The number of H-pyrrole nitrogens is 1. The molecule has 0 unspecified atom stereocenters. The fourth-order valence-electron chi connectivity index (χ4n) is 3.77. The van der Waals surface area contributed by atoms with Crippen LogP contribution in [0.2, 0.25) is 0 Å². The first-order chi connectivity index (χ1) is 12.9. The van der Waals surface area contributed by atoms with Crippen LogP contribution in [0.3, 0.4) is 0 Å². The maximum absolute atomic E-state index is 12.8. The zero-order chi connectivity index (χ0) is 19.2. The highest BCUT2D eigenvalue weighted by Crippen LogP contribution is 2.25. The molecule has 4 rings (SSSR count). The molecule has 1 aliphatic heterocycles. The van der Waals surface area contributed by atoms with Crippen LogP contribution in [0, 0.1) is 6.92 Å². The predicted octanol–water partition coefficient (Wildman–Crippen LogP) is 1.38. The van der Waals surface area contributed by atoms with E-state index in [0.717, 1.165) is 19.3 Å². The molecule has 0 atom stereocenters. The van der Waals surface area contributed by atoms with E-state index in [1.165, 1.54) is 15.4 Å². The molecule has 1 amide bonds. The summed E-state index contributed by atoms with van der Waals surface area (Å²) in [6.07, 6.45) is 3.22. The Morgan fingerprint density at radius 2 is 1.81 bits per heavy atom. The Kier molecular flexibility index (Phi) is 4.69. The molecule has 0 radical (unpaired) electrons. The largest absolute Gasteiger partial charge is 0.336 e. The standard InChI is InChI=1S/C18H21N3O4S2/c1-12-17(26-18(23)19-12)27(24,25)21-9-7-20(8-10-21)16(22)15-6-5-13-3-2-4-14(13)11-15/h5-6,11H,2-4,7-10H2,1H3,(H,19,23). The maximum Gasteiger partial charge on any atom is 0.305 e. The quantitative estimate of drug-likeness (QED) is 0.832. The average Bonchev–Trinajstić information content (AvgIpc) is 3.26. The van der Waals surface area contributed by atoms with Crippen molar-refractivity contribution in [3.63, 3.8) is 0 Å². The fraction of sp³-hybridized carbons (Fsp3) is 0.444. The molecule has 0 spiro atoms. The zero-order valence-corrected chi connectivity index (χ0v) is 16.7. The number of aromatic nitrogens is 1. The number of carbonyl (C=O) groups is 1. The lowest BCUT2D eigenvalue weighted by Crippen LogP contribution is -2.50. The van der Waals surface area contributed by atoms with E-state index in [-0.39, 0.29) is 28.1 Å². The first kappa shape index (κ1) is 18.4. The van der Waals surface area contributed by atoms with Gasteiger partial charge in [-0.1, -0.05) is 17.4 Å². The molecule has 1 aliphatic carbocycles. The van der Waals surface area contributed by atoms with Gasteiger partial charge in [0.25, 0.3) is 15.9 Å². The summed E-state index contributed by atoms with van der Waals surface area (Å²) >= 11 is 0.709. The summed E-state index contributed by atoms with van der Waals surface area (Å²) in [4.78, 5) is 28.1. The van der Waals surface area contributed by atoms with Crippen molar-refractivity contribution in [3.05, 3.63) is 50.3 Å². The third kappa shape index (κ3) is 3.35. The number of nitrogens with zero attached hydrogens (tertiary/aromatic N) is 2. The van der Waals surface area contributed by atoms with Crippen LogP contribution in [0.4, 0.5) is 0 Å². The number of nitrogens with one attached hydrogen (secondary N) is 1. The van der Waals surface area contributed by atoms with Gasteiger partial charge in [-0.25, -0.2) is 8.42 Å². The topological polar surface area (TPSA) is 90.5 Å². The summed E-state index contributed by atoms with van der Waals surface area (Å²) in [5.74, 6) is -0.0516. The number of aromatic amines is 1. The van der Waals surface area contributed by atoms with Gasteiger partial charge < -0.3 is 9.88 Å². The van der Waals surface area contributed by atoms with Gasteiger partial charge in [-0.2, -0.15) is 4.31 Å². The number of rotatable bonds is 3. The number of aryl methyl sites for hydroxylation is 3. The molecule has 1 fully saturated rings. The molecule has 144 valence electrons. The molecule has 2 aromatic rings. The SMILES string of the molecule is Cc1[nH]c(=O)sc1S(=O)(=O)N1CCN(C(=O)c2ccc3c(c2)CCC3)CC1. The molecule has 1 aromatic carbocycles. The molecular formula is C18H21N3O4S2. The molecule has 2 heterocycles. The molecule has 1 saturated heterocycles. The monoisotopic (exact) mass is 407 g/mol. The minimum Gasteiger partial charge on any atom is -0.336 e. The molecule has 1 aromatic heterocycles. The fourth-order valence-corrected chi connectivity index (χ4v) is 6.63. The van der Waals surface area contributed by atoms with Crippen LogP contribution < -0.4 is 4.87 Å². The number of amides is 1. The van der Waals surface area contributed by atoms with Gasteiger partial charge in [0, 0.05) is 37.4 Å². The van der Waals surface area contributed by atoms with E-state index in [9.17, 15) is 18.0 Å². The second-order valence-electron chi connectivity index (χ2n) is 6.96. The van der Waals surface area contributed by atoms with Crippen LogP contribution in [0.15, 0.2) is 27.2 Å². The molecule has 27 heavy (non-hydrogen) atoms. The molecule has 1 N–H and O–H groups in total. The highest BCUT2D eigenvalue weighted by atomic mass is 32.2. The highest BCUT2D eigenvalue weighted by molar-refractivity contribution is 7.91. The molecule has 9 heteroatoms. The van der Waals surface area contributed by atoms with E-state index in [2.05, 4.69) is 4.98 Å². The Balaban J connectivity index is 1.46. The Morgan fingerprint density at radius 3 is 2.48 bits per heavy atom. The Hall–Kier alpha value is -1.97. The van der Waals surface area contributed by atoms with Gasteiger partial charge in [-0.05, 0) is 49.4 Å². The van der Waals surface area contributed by atoms with Gasteiger partial charge in [0.05, 0.1) is 0 Å². The smallest absolute Gasteiger partial charge is 0.305 e. The van der Waals surface area contributed by atoms with Crippen molar-refractivity contribution in [1.82, 2.24) is 14.2 Å². The first-order valence-corrected chi connectivity index (χ1v) is 11.2. The minimum absolute atomic E-state index is 0.0516. The van der Waals surface area contributed by atoms with Crippen LogP contribution in [0.5, 0.6) is 0 Å². The van der Waals surface area contributed by atoms with Gasteiger partial charge in [0.2, 0.25) is 0 Å². The van der Waals surface area contributed by atoms with Crippen LogP contribution in [0.1, 0.15) is 33.6 Å². The van der Waals surface area contributed by atoms with Crippen molar-refractivity contribution in [3.8, 4) is 0 Å². The van der Waals surface area contributed by atoms with Crippen LogP contribution in [0.25, 0.3) is 0 Å². The number of fused-ring (bicyclic) bond motifs is 1. The second-order valence-corrected chi connectivity index (χ2v) is 10.1. The number of benzene rings is 1. The summed E-state index contributed by atoms with van der Waals surface area (Å²) in [5, 5.41) is 0. The summed E-state index contributed by atoms with van der Waals surface area (Å²) in [6, 6.07) is 5.89. The van der Waals surface area contributed by atoms with Crippen LogP contribution in [-0.4, -0.2) is 54.7 Å². The van der Waals surface area contributed by atoms with Gasteiger partial charge in [-0.15, -0.1) is 0 Å². The van der Waals surface area contributed by atoms with E-state index in [0.29, 0.717) is 35.7 Å². The number of hydrogen-bond donors (Lipinski definition) is 1. The van der Waals surface area contributed by atoms with Gasteiger partial charge in [-0.3, -0.25) is 9.59 Å². The Morgan fingerprint density at radius 1 is 1.11 bits per heavy atom. The molecule has 2 aliphatic rings. The van der Waals surface area contributed by atoms with E-state index >= 15 is 0 Å². The van der Waals surface area contributed by atoms with E-state index in [1.807, 2.05) is 18.2 Å². The lowest BCUT2D eigenvalue weighted by Gasteiger charge is -2.33. The van der Waals surface area contributed by atoms with Crippen molar-refractivity contribution >= 4 is 27.3 Å². The predicted molar refractivity (Wildman–Crippen MR) is 103 cm³/mol. The van der Waals surface area contributed by atoms with Gasteiger partial charge in [0.1, 0.15) is 0 Å². The van der Waals surface area contributed by atoms with E-state index in [1.54, 1.807) is 11.8 Å². The Bertz CT molecular complexity index is 1050. The van der Waals surface area contributed by atoms with Crippen LogP contribution >= 0.6 is 11.3 Å². The number of carbonyl (C=O) groups excluding carboxylic acids is 1. The van der Waals surface area contributed by atoms with Crippen molar-refractivity contribution < 1.29 is 13.2 Å². The maximum atomic E-state index is 12.8. The van der Waals surface area contributed by atoms with Crippen molar-refractivity contribution in [1.29, 1.82) is 0 Å². The van der Waals surface area contributed by atoms with Gasteiger partial charge >= 0.3 is 4.87 Å². The molecular weight excluding hydrogens is 386 g/mol. The normalized spacial score (nSPS) is 17.9. The summed E-state index contributed by atoms with van der Waals surface area (Å²) in [7, 11) is -3.71. The molecule has 0 bridgehead atoms. The summed E-state index contributed by atoms with van der Waals surface area (Å²) in [5.41, 5.74) is 3.61. The molecule has 7 nitrogen and oxygen atoms in total. The molecule has 0 saturated carbocycles. The number of hydrogen-bond acceptors (Lipinski definition) is 5. The van der Waals surface area contributed by atoms with Crippen molar-refractivity contribution in [2.24, 2.45) is 0 Å². The highest BCUT2D eigenvalue weighted by Gasteiger charge is 2.33. The average molecular weight is 408 g/mol. The van der Waals surface area contributed by atoms with Crippen molar-refractivity contribution in [2.75, 3.05) is 26.2 Å². The third-order valence-electron chi connectivity index (χ3n) is 5.23. The number of piperazine rings is 1.